The average molecular weight is 359 g/mol. The number of aromatic hydroxyl groups is 1. The topological polar surface area (TPSA) is 64.1 Å². The van der Waals surface area contributed by atoms with E-state index in [1.165, 1.54) is 12.8 Å². The van der Waals surface area contributed by atoms with Crippen LogP contribution in [0.25, 0.3) is 0 Å². The summed E-state index contributed by atoms with van der Waals surface area (Å²) in [6.07, 6.45) is 5.04. The fraction of sp³-hybridized carbons (Fsp3) is 0.600. The van der Waals surface area contributed by atoms with Gasteiger partial charge in [0.1, 0.15) is 5.75 Å². The maximum Gasteiger partial charge on any atom is 0.236 e. The van der Waals surface area contributed by atoms with Crippen molar-refractivity contribution in [1.29, 1.82) is 0 Å². The molecule has 6 nitrogen and oxygen atoms in total. The number of amides is 2. The van der Waals surface area contributed by atoms with Gasteiger partial charge in [0.25, 0.3) is 0 Å². The second-order valence-corrected chi connectivity index (χ2v) is 7.30. The number of rotatable bonds is 4. The van der Waals surface area contributed by atoms with E-state index in [1.54, 1.807) is 24.3 Å². The highest BCUT2D eigenvalue weighted by Gasteiger charge is 2.24. The van der Waals surface area contributed by atoms with Crippen LogP contribution in [0.15, 0.2) is 24.3 Å². The lowest BCUT2D eigenvalue weighted by atomic mass is 10.1. The van der Waals surface area contributed by atoms with Crippen LogP contribution in [0.2, 0.25) is 0 Å². The molecular formula is C20H29N3O3. The van der Waals surface area contributed by atoms with Gasteiger partial charge < -0.3 is 14.9 Å². The lowest BCUT2D eigenvalue weighted by Crippen LogP contribution is -2.52. The molecule has 1 N–H and O–H groups in total. The van der Waals surface area contributed by atoms with E-state index in [2.05, 4.69) is 4.90 Å². The highest BCUT2D eigenvalue weighted by Crippen LogP contribution is 2.13. The van der Waals surface area contributed by atoms with Gasteiger partial charge in [-0.1, -0.05) is 25.0 Å². The normalized spacial score (nSPS) is 19.2. The van der Waals surface area contributed by atoms with Crippen LogP contribution in [-0.4, -0.2) is 77.4 Å². The van der Waals surface area contributed by atoms with Crippen LogP contribution in [0.5, 0.6) is 5.75 Å². The molecule has 26 heavy (non-hydrogen) atoms. The van der Waals surface area contributed by atoms with Gasteiger partial charge in [0.05, 0.1) is 13.0 Å². The summed E-state index contributed by atoms with van der Waals surface area (Å²) in [5, 5.41) is 9.32. The second kappa shape index (κ2) is 9.03. The van der Waals surface area contributed by atoms with Crippen molar-refractivity contribution in [3.63, 3.8) is 0 Å². The van der Waals surface area contributed by atoms with Crippen molar-refractivity contribution in [3.05, 3.63) is 29.8 Å². The number of phenols is 1. The molecule has 0 spiro atoms. The Labute approximate surface area is 155 Å². The van der Waals surface area contributed by atoms with Gasteiger partial charge in [-0.2, -0.15) is 0 Å². The minimum atomic E-state index is 0.106. The molecule has 1 aromatic carbocycles. The van der Waals surface area contributed by atoms with Crippen molar-refractivity contribution in [2.45, 2.75) is 32.1 Å². The Morgan fingerprint density at radius 1 is 0.769 bits per heavy atom. The van der Waals surface area contributed by atoms with Gasteiger partial charge in [0.2, 0.25) is 11.8 Å². The van der Waals surface area contributed by atoms with E-state index >= 15 is 0 Å². The maximum absolute atomic E-state index is 12.5. The zero-order valence-corrected chi connectivity index (χ0v) is 15.4. The molecule has 2 aliphatic heterocycles. The van der Waals surface area contributed by atoms with E-state index in [1.807, 2.05) is 9.80 Å². The molecule has 2 saturated heterocycles. The zero-order valence-electron chi connectivity index (χ0n) is 15.4. The van der Waals surface area contributed by atoms with E-state index in [0.29, 0.717) is 26.1 Å². The Morgan fingerprint density at radius 2 is 1.35 bits per heavy atom. The molecule has 0 bridgehead atoms. The summed E-state index contributed by atoms with van der Waals surface area (Å²) < 4.78 is 0. The third-order valence-corrected chi connectivity index (χ3v) is 5.33. The third kappa shape index (κ3) is 5.21. The average Bonchev–Trinajstić information content (AvgIpc) is 2.94. The summed E-state index contributed by atoms with van der Waals surface area (Å²) in [6.45, 7) is 5.10. The number of carbonyl (C=O) groups is 2. The fourth-order valence-electron chi connectivity index (χ4n) is 3.67. The summed E-state index contributed by atoms with van der Waals surface area (Å²) in [4.78, 5) is 31.0. The number of carbonyl (C=O) groups excluding carboxylic acids is 2. The lowest BCUT2D eigenvalue weighted by molar-refractivity contribution is -0.134. The molecule has 1 aromatic rings. The Morgan fingerprint density at radius 3 is 1.96 bits per heavy atom. The van der Waals surface area contributed by atoms with Gasteiger partial charge in [-0.3, -0.25) is 14.5 Å². The smallest absolute Gasteiger partial charge is 0.236 e. The number of phenolic OH excluding ortho intramolecular Hbond substituents is 1. The Bertz CT molecular complexity index is 601. The van der Waals surface area contributed by atoms with Crippen molar-refractivity contribution in [3.8, 4) is 5.75 Å². The maximum atomic E-state index is 12.5. The number of piperazine rings is 1. The molecule has 0 atom stereocenters. The minimum absolute atomic E-state index is 0.106. The first-order valence-corrected chi connectivity index (χ1v) is 9.67. The highest BCUT2D eigenvalue weighted by atomic mass is 16.3. The zero-order chi connectivity index (χ0) is 18.4. The molecule has 0 aromatic heterocycles. The van der Waals surface area contributed by atoms with Crippen molar-refractivity contribution < 1.29 is 14.7 Å². The van der Waals surface area contributed by atoms with Gasteiger partial charge in [-0.05, 0) is 30.5 Å². The van der Waals surface area contributed by atoms with Gasteiger partial charge in [-0.15, -0.1) is 0 Å². The number of benzene rings is 1. The SMILES string of the molecule is O=C(Cc1ccc(O)cc1)N1CCN(CC(=O)N2CCCCCC2)CC1. The summed E-state index contributed by atoms with van der Waals surface area (Å²) >= 11 is 0. The molecular weight excluding hydrogens is 330 g/mol. The van der Waals surface area contributed by atoms with E-state index < -0.39 is 0 Å². The minimum Gasteiger partial charge on any atom is -0.508 e. The first-order chi connectivity index (χ1) is 12.6. The van der Waals surface area contributed by atoms with E-state index in [4.69, 9.17) is 0 Å². The molecule has 0 aliphatic carbocycles. The molecule has 2 aliphatic rings. The van der Waals surface area contributed by atoms with Crippen molar-refractivity contribution >= 4 is 11.8 Å². The molecule has 142 valence electrons. The fourth-order valence-corrected chi connectivity index (χ4v) is 3.67. The lowest BCUT2D eigenvalue weighted by Gasteiger charge is -2.35. The van der Waals surface area contributed by atoms with Gasteiger partial charge in [0.15, 0.2) is 0 Å². The highest BCUT2D eigenvalue weighted by molar-refractivity contribution is 5.79. The largest absolute Gasteiger partial charge is 0.508 e. The second-order valence-electron chi connectivity index (χ2n) is 7.30. The van der Waals surface area contributed by atoms with E-state index in [0.717, 1.165) is 44.6 Å². The summed E-state index contributed by atoms with van der Waals surface area (Å²) in [6, 6.07) is 6.77. The van der Waals surface area contributed by atoms with Crippen LogP contribution in [0.1, 0.15) is 31.2 Å². The van der Waals surface area contributed by atoms with Gasteiger partial charge >= 0.3 is 0 Å². The summed E-state index contributed by atoms with van der Waals surface area (Å²) in [5.41, 5.74) is 0.909. The Hall–Kier alpha value is -2.08. The predicted molar refractivity (Wildman–Crippen MR) is 99.9 cm³/mol. The third-order valence-electron chi connectivity index (χ3n) is 5.33. The number of likely N-dealkylation sites (tertiary alicyclic amines) is 1. The summed E-state index contributed by atoms with van der Waals surface area (Å²) in [7, 11) is 0. The molecule has 0 saturated carbocycles. The van der Waals surface area contributed by atoms with E-state index in [9.17, 15) is 14.7 Å². The standard InChI is InChI=1S/C20H29N3O3/c24-18-7-5-17(6-8-18)15-19(25)23-13-11-21(12-14-23)16-20(26)22-9-3-1-2-4-10-22/h5-8,24H,1-4,9-16H2. The van der Waals surface area contributed by atoms with Crippen molar-refractivity contribution in [1.82, 2.24) is 14.7 Å². The molecule has 2 heterocycles. The molecule has 0 unspecified atom stereocenters. The molecule has 3 rings (SSSR count). The van der Waals surface area contributed by atoms with Crippen LogP contribution >= 0.6 is 0 Å². The molecule has 2 amide bonds. The Balaban J connectivity index is 1.42. The van der Waals surface area contributed by atoms with Crippen molar-refractivity contribution in [2.75, 3.05) is 45.8 Å². The quantitative estimate of drug-likeness (QED) is 0.885. The van der Waals surface area contributed by atoms with Crippen LogP contribution < -0.4 is 0 Å². The van der Waals surface area contributed by atoms with Gasteiger partial charge in [-0.25, -0.2) is 0 Å². The molecule has 0 radical (unpaired) electrons. The van der Waals surface area contributed by atoms with E-state index in [-0.39, 0.29) is 17.6 Å². The molecule has 2 fully saturated rings. The van der Waals surface area contributed by atoms with Crippen LogP contribution in [-0.2, 0) is 16.0 Å². The first-order valence-electron chi connectivity index (χ1n) is 9.67. The number of nitrogens with zero attached hydrogens (tertiary/aromatic N) is 3. The molecule has 6 heteroatoms. The first kappa shape index (κ1) is 18.7. The van der Waals surface area contributed by atoms with Crippen LogP contribution in [0, 0.1) is 0 Å². The number of hydrogen-bond donors (Lipinski definition) is 1. The monoisotopic (exact) mass is 359 g/mol. The van der Waals surface area contributed by atoms with Crippen LogP contribution in [0.4, 0.5) is 0 Å². The predicted octanol–water partition coefficient (Wildman–Crippen LogP) is 1.48. The van der Waals surface area contributed by atoms with Crippen LogP contribution in [0.3, 0.4) is 0 Å². The van der Waals surface area contributed by atoms with Crippen molar-refractivity contribution in [2.24, 2.45) is 0 Å². The summed E-state index contributed by atoms with van der Waals surface area (Å²) in [5.74, 6) is 0.550. The number of hydrogen-bond acceptors (Lipinski definition) is 4. The van der Waals surface area contributed by atoms with Gasteiger partial charge in [0, 0.05) is 39.3 Å². The Kier molecular flexibility index (Phi) is 6.50.